The van der Waals surface area contributed by atoms with Crippen molar-refractivity contribution in [2.24, 2.45) is 0 Å². The summed E-state index contributed by atoms with van der Waals surface area (Å²) in [6.45, 7) is 0.772. The number of nitrogens with one attached hydrogen (secondary N) is 2. The van der Waals surface area contributed by atoms with Gasteiger partial charge in [0.15, 0.2) is 5.76 Å². The van der Waals surface area contributed by atoms with E-state index in [0.717, 1.165) is 17.7 Å². The van der Waals surface area contributed by atoms with Crippen LogP contribution in [0.5, 0.6) is 0 Å². The number of hydrogen-bond donors (Lipinski definition) is 2. The number of furan rings is 1. The van der Waals surface area contributed by atoms with Crippen LogP contribution in [0.4, 0.5) is 0 Å². The van der Waals surface area contributed by atoms with E-state index in [-0.39, 0.29) is 17.7 Å². The average Bonchev–Trinajstić information content (AvgIpc) is 3.12. The molecule has 0 radical (unpaired) electrons. The monoisotopic (exact) mass is 369 g/mol. The average molecular weight is 370 g/mol. The maximum atomic E-state index is 12.7. The maximum Gasteiger partial charge on any atom is 0.287 e. The highest BCUT2D eigenvalue weighted by atomic mass is 35.5. The lowest BCUT2D eigenvalue weighted by Gasteiger charge is -2.20. The van der Waals surface area contributed by atoms with Crippen molar-refractivity contribution in [3.8, 4) is 11.3 Å². The molecular weight excluding hydrogens is 348 g/mol. The molecule has 134 valence electrons. The molecule has 0 aliphatic carbocycles. The van der Waals surface area contributed by atoms with Crippen molar-refractivity contribution in [2.75, 3.05) is 20.6 Å². The number of likely N-dealkylation sites (N-methyl/N-ethyl adjacent to an activating group) is 1. The predicted octanol–water partition coefficient (Wildman–Crippen LogP) is 3.22. The lowest BCUT2D eigenvalue weighted by Crippen LogP contribution is -3.06. The van der Waals surface area contributed by atoms with E-state index in [9.17, 15) is 4.79 Å². The zero-order chi connectivity index (χ0) is 18.5. The second kappa shape index (κ2) is 8.21. The van der Waals surface area contributed by atoms with Gasteiger partial charge in [-0.25, -0.2) is 0 Å². The first-order valence-corrected chi connectivity index (χ1v) is 8.92. The zero-order valence-electron chi connectivity index (χ0n) is 14.8. The fraction of sp³-hybridized carbons (Fsp3) is 0.190. The Balaban J connectivity index is 1.79. The number of benzene rings is 2. The minimum atomic E-state index is -0.238. The molecule has 0 unspecified atom stereocenters. The molecule has 2 N–H and O–H groups in total. The van der Waals surface area contributed by atoms with Crippen LogP contribution in [0.15, 0.2) is 71.1 Å². The summed E-state index contributed by atoms with van der Waals surface area (Å²) >= 11 is 6.21. The molecule has 0 spiro atoms. The van der Waals surface area contributed by atoms with E-state index in [4.69, 9.17) is 16.0 Å². The van der Waals surface area contributed by atoms with E-state index in [0.29, 0.717) is 10.8 Å². The van der Waals surface area contributed by atoms with Crippen LogP contribution in [0.25, 0.3) is 11.3 Å². The van der Waals surface area contributed by atoms with Gasteiger partial charge in [-0.15, -0.1) is 0 Å². The molecule has 5 heteroatoms. The topological polar surface area (TPSA) is 46.7 Å². The molecule has 0 aliphatic rings. The van der Waals surface area contributed by atoms with E-state index in [2.05, 4.69) is 19.4 Å². The van der Waals surface area contributed by atoms with Gasteiger partial charge in [0.05, 0.1) is 19.1 Å². The fourth-order valence-corrected chi connectivity index (χ4v) is 3.07. The largest absolute Gasteiger partial charge is 0.451 e. The number of amides is 1. The molecule has 0 aliphatic heterocycles. The molecule has 1 amide bonds. The Bertz CT molecular complexity index is 874. The van der Waals surface area contributed by atoms with Crippen LogP contribution in [-0.2, 0) is 0 Å². The Morgan fingerprint density at radius 3 is 2.42 bits per heavy atom. The summed E-state index contributed by atoms with van der Waals surface area (Å²) in [6.07, 6.45) is 0. The van der Waals surface area contributed by atoms with E-state index >= 15 is 0 Å². The first kappa shape index (κ1) is 18.2. The third-order valence-electron chi connectivity index (χ3n) is 4.09. The quantitative estimate of drug-likeness (QED) is 0.700. The highest BCUT2D eigenvalue weighted by Gasteiger charge is 2.21. The van der Waals surface area contributed by atoms with Crippen molar-refractivity contribution in [3.05, 3.63) is 83.1 Å². The minimum Gasteiger partial charge on any atom is -0.451 e. The van der Waals surface area contributed by atoms with Crippen LogP contribution in [0.2, 0.25) is 5.02 Å². The van der Waals surface area contributed by atoms with Crippen LogP contribution in [0.1, 0.15) is 22.2 Å². The summed E-state index contributed by atoms with van der Waals surface area (Å²) in [5.41, 5.74) is 1.84. The van der Waals surface area contributed by atoms with Crippen molar-refractivity contribution < 1.29 is 14.1 Å². The SMILES string of the molecule is C[NH+](C)C[C@@H](NC(=O)c1ccc(-c2ccccc2Cl)o1)c1ccccc1. The summed E-state index contributed by atoms with van der Waals surface area (Å²) in [5, 5.41) is 3.66. The van der Waals surface area contributed by atoms with E-state index in [1.807, 2.05) is 48.5 Å². The normalized spacial score (nSPS) is 12.2. The zero-order valence-corrected chi connectivity index (χ0v) is 15.6. The van der Waals surface area contributed by atoms with Gasteiger partial charge in [-0.3, -0.25) is 4.79 Å². The van der Waals surface area contributed by atoms with Gasteiger partial charge < -0.3 is 14.6 Å². The third-order valence-corrected chi connectivity index (χ3v) is 4.42. The number of halogens is 1. The van der Waals surface area contributed by atoms with Gasteiger partial charge in [-0.1, -0.05) is 54.1 Å². The third kappa shape index (κ3) is 4.34. The Hall–Kier alpha value is -2.56. The Labute approximate surface area is 158 Å². The van der Waals surface area contributed by atoms with Crippen molar-refractivity contribution in [2.45, 2.75) is 6.04 Å². The summed E-state index contributed by atoms with van der Waals surface area (Å²) in [6, 6.07) is 20.7. The summed E-state index contributed by atoms with van der Waals surface area (Å²) in [7, 11) is 4.12. The molecule has 3 aromatic rings. The van der Waals surface area contributed by atoms with Crippen molar-refractivity contribution in [1.29, 1.82) is 0 Å². The highest BCUT2D eigenvalue weighted by Crippen LogP contribution is 2.29. The molecular formula is C21H22ClN2O2+. The first-order valence-electron chi connectivity index (χ1n) is 8.54. The standard InChI is InChI=1S/C21H21ClN2O2/c1-24(2)14-18(15-8-4-3-5-9-15)23-21(25)20-13-12-19(26-20)16-10-6-7-11-17(16)22/h3-13,18H,14H2,1-2H3,(H,23,25)/p+1/t18-/m1/s1. The number of carbonyl (C=O) groups is 1. The molecule has 26 heavy (non-hydrogen) atoms. The van der Waals surface area contributed by atoms with E-state index < -0.39 is 0 Å². The fourth-order valence-electron chi connectivity index (χ4n) is 2.84. The molecule has 2 aromatic carbocycles. The van der Waals surface area contributed by atoms with Gasteiger partial charge in [0.1, 0.15) is 18.3 Å². The summed E-state index contributed by atoms with van der Waals surface area (Å²) in [4.78, 5) is 13.9. The smallest absolute Gasteiger partial charge is 0.287 e. The molecule has 0 bridgehead atoms. The molecule has 0 saturated carbocycles. The number of quaternary nitrogens is 1. The van der Waals surface area contributed by atoms with Crippen LogP contribution >= 0.6 is 11.6 Å². The second-order valence-electron chi connectivity index (χ2n) is 6.49. The Kier molecular flexibility index (Phi) is 5.76. The van der Waals surface area contributed by atoms with Gasteiger partial charge in [-0.2, -0.15) is 0 Å². The first-order chi connectivity index (χ1) is 12.5. The molecule has 0 saturated heterocycles. The van der Waals surface area contributed by atoms with Gasteiger partial charge >= 0.3 is 0 Å². The molecule has 0 fully saturated rings. The van der Waals surface area contributed by atoms with Gasteiger partial charge in [0, 0.05) is 5.56 Å². The molecule has 1 atom stereocenters. The molecule has 1 aromatic heterocycles. The van der Waals surface area contributed by atoms with Crippen LogP contribution < -0.4 is 10.2 Å². The van der Waals surface area contributed by atoms with Crippen molar-refractivity contribution in [3.63, 3.8) is 0 Å². The second-order valence-corrected chi connectivity index (χ2v) is 6.90. The highest BCUT2D eigenvalue weighted by molar-refractivity contribution is 6.33. The predicted molar refractivity (Wildman–Crippen MR) is 103 cm³/mol. The van der Waals surface area contributed by atoms with Gasteiger partial charge in [0.25, 0.3) is 5.91 Å². The van der Waals surface area contributed by atoms with E-state index in [1.165, 1.54) is 4.90 Å². The van der Waals surface area contributed by atoms with Gasteiger partial charge in [-0.05, 0) is 29.8 Å². The van der Waals surface area contributed by atoms with Crippen LogP contribution in [-0.4, -0.2) is 26.5 Å². The number of rotatable bonds is 6. The Morgan fingerprint density at radius 2 is 1.73 bits per heavy atom. The van der Waals surface area contributed by atoms with E-state index in [1.54, 1.807) is 18.2 Å². The molecule has 4 nitrogen and oxygen atoms in total. The number of carbonyl (C=O) groups excluding carboxylic acids is 1. The lowest BCUT2D eigenvalue weighted by molar-refractivity contribution is -0.860. The minimum absolute atomic E-state index is 0.0948. The summed E-state index contributed by atoms with van der Waals surface area (Å²) in [5.74, 6) is 0.614. The van der Waals surface area contributed by atoms with Gasteiger partial charge in [0.2, 0.25) is 0 Å². The van der Waals surface area contributed by atoms with Crippen molar-refractivity contribution in [1.82, 2.24) is 5.32 Å². The maximum absolute atomic E-state index is 12.7. The lowest BCUT2D eigenvalue weighted by atomic mass is 10.1. The molecule has 1 heterocycles. The molecule has 3 rings (SSSR count). The van der Waals surface area contributed by atoms with Crippen molar-refractivity contribution >= 4 is 17.5 Å². The Morgan fingerprint density at radius 1 is 1.04 bits per heavy atom. The van der Waals surface area contributed by atoms with Crippen LogP contribution in [0, 0.1) is 0 Å². The summed E-state index contributed by atoms with van der Waals surface area (Å²) < 4.78 is 5.75. The van der Waals surface area contributed by atoms with Crippen LogP contribution in [0.3, 0.4) is 0 Å². The number of hydrogen-bond acceptors (Lipinski definition) is 2.